The molecule has 76 valence electrons. The Labute approximate surface area is 82.9 Å². The number of carbonyl (C=O) groups is 1. The van der Waals surface area contributed by atoms with E-state index < -0.39 is 5.97 Å². The average Bonchev–Trinajstić information content (AvgIpc) is 2.47. The van der Waals surface area contributed by atoms with Crippen LogP contribution in [0.1, 0.15) is 18.9 Å². The number of aromatic nitrogens is 2. The first-order chi connectivity index (χ1) is 6.58. The van der Waals surface area contributed by atoms with Gasteiger partial charge >= 0.3 is 5.97 Å². The zero-order valence-electron chi connectivity index (χ0n) is 8.23. The molecule has 4 heteroatoms. The maximum atomic E-state index is 10.3. The smallest absolute Gasteiger partial charge is 0.303 e. The molecule has 1 rings (SSSR count). The number of aryl methyl sites for hydroxylation is 1. The molecule has 0 saturated carbocycles. The highest BCUT2D eigenvalue weighted by Crippen LogP contribution is 2.03. The highest BCUT2D eigenvalue weighted by molar-refractivity contribution is 5.67. The molecule has 0 aliphatic heterocycles. The van der Waals surface area contributed by atoms with Crippen molar-refractivity contribution in [1.29, 1.82) is 0 Å². The van der Waals surface area contributed by atoms with Crippen LogP contribution in [-0.2, 0) is 17.8 Å². The standard InChI is InChI=1S/C10H14N2O2/c1-8(2)6-12-7-9(5-11-12)3-4-10(13)14/h5,7H,1,3-4,6H2,2H3,(H,13,14). The molecule has 1 aromatic rings. The zero-order valence-corrected chi connectivity index (χ0v) is 8.23. The lowest BCUT2D eigenvalue weighted by atomic mass is 10.2. The molecule has 0 aliphatic rings. The minimum absolute atomic E-state index is 0.152. The van der Waals surface area contributed by atoms with Crippen LogP contribution in [0.15, 0.2) is 24.5 Å². The molecule has 0 spiro atoms. The number of aliphatic carboxylic acids is 1. The summed E-state index contributed by atoms with van der Waals surface area (Å²) in [4.78, 5) is 10.3. The van der Waals surface area contributed by atoms with E-state index in [1.807, 2.05) is 13.1 Å². The second kappa shape index (κ2) is 4.60. The minimum atomic E-state index is -0.780. The van der Waals surface area contributed by atoms with Gasteiger partial charge in [0.25, 0.3) is 0 Å². The summed E-state index contributed by atoms with van der Waals surface area (Å²) in [6.45, 7) is 6.40. The number of hydrogen-bond acceptors (Lipinski definition) is 2. The van der Waals surface area contributed by atoms with Gasteiger partial charge in [0.05, 0.1) is 12.7 Å². The van der Waals surface area contributed by atoms with E-state index in [0.29, 0.717) is 13.0 Å². The third-order valence-corrected chi connectivity index (χ3v) is 1.75. The number of hydrogen-bond donors (Lipinski definition) is 1. The summed E-state index contributed by atoms with van der Waals surface area (Å²) in [6, 6.07) is 0. The average molecular weight is 194 g/mol. The zero-order chi connectivity index (χ0) is 10.6. The lowest BCUT2D eigenvalue weighted by Gasteiger charge is -1.98. The van der Waals surface area contributed by atoms with Gasteiger partial charge in [-0.15, -0.1) is 0 Å². The summed E-state index contributed by atoms with van der Waals surface area (Å²) in [5, 5.41) is 12.6. The number of rotatable bonds is 5. The van der Waals surface area contributed by atoms with Crippen LogP contribution in [0.2, 0.25) is 0 Å². The summed E-state index contributed by atoms with van der Waals surface area (Å²) in [7, 11) is 0. The molecular formula is C10H14N2O2. The normalized spacial score (nSPS) is 10.1. The molecule has 0 atom stereocenters. The molecule has 0 fully saturated rings. The first-order valence-corrected chi connectivity index (χ1v) is 4.45. The third-order valence-electron chi connectivity index (χ3n) is 1.75. The molecule has 14 heavy (non-hydrogen) atoms. The van der Waals surface area contributed by atoms with Gasteiger partial charge in [0, 0.05) is 12.6 Å². The van der Waals surface area contributed by atoms with E-state index in [1.54, 1.807) is 10.9 Å². The molecule has 0 amide bonds. The Morgan fingerprint density at radius 3 is 3.00 bits per heavy atom. The van der Waals surface area contributed by atoms with E-state index >= 15 is 0 Å². The molecule has 0 saturated heterocycles. The van der Waals surface area contributed by atoms with Crippen molar-refractivity contribution in [3.05, 3.63) is 30.1 Å². The first-order valence-electron chi connectivity index (χ1n) is 4.45. The second-order valence-corrected chi connectivity index (χ2v) is 3.40. The largest absolute Gasteiger partial charge is 0.481 e. The van der Waals surface area contributed by atoms with Crippen LogP contribution in [0.3, 0.4) is 0 Å². The van der Waals surface area contributed by atoms with Crippen LogP contribution in [0.5, 0.6) is 0 Å². The highest BCUT2D eigenvalue weighted by Gasteiger charge is 2.01. The predicted octanol–water partition coefficient (Wildman–Crippen LogP) is 1.48. The van der Waals surface area contributed by atoms with Gasteiger partial charge in [0.15, 0.2) is 0 Å². The van der Waals surface area contributed by atoms with Crippen LogP contribution in [0.4, 0.5) is 0 Å². The Bertz CT molecular complexity index is 342. The van der Waals surface area contributed by atoms with Crippen molar-refractivity contribution in [3.8, 4) is 0 Å². The summed E-state index contributed by atoms with van der Waals surface area (Å²) in [6.07, 6.45) is 4.24. The van der Waals surface area contributed by atoms with E-state index in [-0.39, 0.29) is 6.42 Å². The van der Waals surface area contributed by atoms with Crippen molar-refractivity contribution >= 4 is 5.97 Å². The van der Waals surface area contributed by atoms with E-state index in [9.17, 15) is 4.79 Å². The quantitative estimate of drug-likeness (QED) is 0.722. The Hall–Kier alpha value is -1.58. The summed E-state index contributed by atoms with van der Waals surface area (Å²) < 4.78 is 1.76. The number of nitrogens with zero attached hydrogens (tertiary/aromatic N) is 2. The molecule has 0 bridgehead atoms. The van der Waals surface area contributed by atoms with Crippen LogP contribution in [0.25, 0.3) is 0 Å². The Morgan fingerprint density at radius 2 is 2.43 bits per heavy atom. The van der Waals surface area contributed by atoms with Crippen molar-refractivity contribution < 1.29 is 9.90 Å². The molecular weight excluding hydrogens is 180 g/mol. The number of carboxylic acid groups (broad SMARTS) is 1. The van der Waals surface area contributed by atoms with E-state index in [2.05, 4.69) is 11.7 Å². The van der Waals surface area contributed by atoms with E-state index in [0.717, 1.165) is 11.1 Å². The minimum Gasteiger partial charge on any atom is -0.481 e. The van der Waals surface area contributed by atoms with Crippen molar-refractivity contribution in [3.63, 3.8) is 0 Å². The van der Waals surface area contributed by atoms with Gasteiger partial charge in [0.2, 0.25) is 0 Å². The van der Waals surface area contributed by atoms with Gasteiger partial charge in [0.1, 0.15) is 0 Å². The Balaban J connectivity index is 2.50. The maximum Gasteiger partial charge on any atom is 0.303 e. The van der Waals surface area contributed by atoms with Crippen molar-refractivity contribution in [1.82, 2.24) is 9.78 Å². The van der Waals surface area contributed by atoms with Gasteiger partial charge in [-0.05, 0) is 18.9 Å². The third kappa shape index (κ3) is 3.43. The topological polar surface area (TPSA) is 55.1 Å². The van der Waals surface area contributed by atoms with Crippen molar-refractivity contribution in [2.45, 2.75) is 26.3 Å². The molecule has 0 aliphatic carbocycles. The van der Waals surface area contributed by atoms with E-state index in [4.69, 9.17) is 5.11 Å². The van der Waals surface area contributed by atoms with Gasteiger partial charge < -0.3 is 5.11 Å². The first kappa shape index (κ1) is 10.5. The summed E-state index contributed by atoms with van der Waals surface area (Å²) >= 11 is 0. The second-order valence-electron chi connectivity index (χ2n) is 3.40. The van der Waals surface area contributed by atoms with Gasteiger partial charge in [-0.1, -0.05) is 12.2 Å². The van der Waals surface area contributed by atoms with Crippen LogP contribution < -0.4 is 0 Å². The molecule has 0 unspecified atom stereocenters. The van der Waals surface area contributed by atoms with Gasteiger partial charge in [-0.2, -0.15) is 5.10 Å². The Kier molecular flexibility index (Phi) is 3.45. The Morgan fingerprint density at radius 1 is 1.71 bits per heavy atom. The summed E-state index contributed by atoms with van der Waals surface area (Å²) in [5.74, 6) is -0.780. The predicted molar refractivity (Wildman–Crippen MR) is 53.0 cm³/mol. The van der Waals surface area contributed by atoms with Crippen LogP contribution in [0, 0.1) is 0 Å². The lowest BCUT2D eigenvalue weighted by Crippen LogP contribution is -1.99. The summed E-state index contributed by atoms with van der Waals surface area (Å²) in [5.41, 5.74) is 1.98. The lowest BCUT2D eigenvalue weighted by molar-refractivity contribution is -0.136. The molecule has 1 heterocycles. The van der Waals surface area contributed by atoms with Crippen molar-refractivity contribution in [2.75, 3.05) is 0 Å². The fourth-order valence-electron chi connectivity index (χ4n) is 1.15. The van der Waals surface area contributed by atoms with Gasteiger partial charge in [-0.3, -0.25) is 9.48 Å². The van der Waals surface area contributed by atoms with Crippen LogP contribution >= 0.6 is 0 Å². The molecule has 1 aromatic heterocycles. The number of carboxylic acids is 1. The van der Waals surface area contributed by atoms with Gasteiger partial charge in [-0.25, -0.2) is 0 Å². The fraction of sp³-hybridized carbons (Fsp3) is 0.400. The molecule has 4 nitrogen and oxygen atoms in total. The SMILES string of the molecule is C=C(C)Cn1cc(CCC(=O)O)cn1. The van der Waals surface area contributed by atoms with E-state index in [1.165, 1.54) is 0 Å². The highest BCUT2D eigenvalue weighted by atomic mass is 16.4. The fourth-order valence-corrected chi connectivity index (χ4v) is 1.15. The molecule has 0 radical (unpaired) electrons. The van der Waals surface area contributed by atoms with Crippen LogP contribution in [-0.4, -0.2) is 20.9 Å². The maximum absolute atomic E-state index is 10.3. The van der Waals surface area contributed by atoms with Crippen molar-refractivity contribution in [2.24, 2.45) is 0 Å². The number of allylic oxidation sites excluding steroid dienone is 1. The monoisotopic (exact) mass is 194 g/mol. The molecule has 0 aromatic carbocycles. The molecule has 1 N–H and O–H groups in total.